The van der Waals surface area contributed by atoms with Crippen LogP contribution in [-0.4, -0.2) is 18.3 Å². The van der Waals surface area contributed by atoms with Crippen LogP contribution >= 0.6 is 0 Å². The number of rotatable bonds is 3. The molecule has 2 aliphatic rings. The first-order chi connectivity index (χ1) is 17.5. The average Bonchev–Trinajstić information content (AvgIpc) is 3.24. The van der Waals surface area contributed by atoms with Crippen LogP contribution in [0, 0.1) is 0 Å². The van der Waals surface area contributed by atoms with Crippen LogP contribution in [0.3, 0.4) is 0 Å². The molecule has 4 aromatic carbocycles. The van der Waals surface area contributed by atoms with E-state index in [9.17, 15) is 0 Å². The molecule has 0 atom stereocenters. The van der Waals surface area contributed by atoms with Crippen molar-refractivity contribution in [2.45, 2.75) is 58.2 Å². The summed E-state index contributed by atoms with van der Waals surface area (Å²) in [6.07, 6.45) is 0. The van der Waals surface area contributed by atoms with Gasteiger partial charge in [0.2, 0.25) is 0 Å². The van der Waals surface area contributed by atoms with Crippen LogP contribution < -0.4 is 11.2 Å². The van der Waals surface area contributed by atoms with Crippen LogP contribution in [0.1, 0.15) is 52.7 Å². The van der Waals surface area contributed by atoms with E-state index in [1.54, 1.807) is 0 Å². The average molecular weight is 487 g/mol. The summed E-state index contributed by atoms with van der Waals surface area (Å²) in [6, 6.07) is 30.1. The minimum atomic E-state index is -0.534. The van der Waals surface area contributed by atoms with Crippen LogP contribution in [-0.2, 0) is 14.7 Å². The third-order valence-corrected chi connectivity index (χ3v) is 8.70. The Morgan fingerprint density at radius 2 is 1.16 bits per heavy atom. The Morgan fingerprint density at radius 3 is 1.81 bits per heavy atom. The normalized spacial score (nSPS) is 18.5. The maximum Gasteiger partial charge on any atom is 0.497 e. The van der Waals surface area contributed by atoms with Gasteiger partial charge in [0.25, 0.3) is 0 Å². The van der Waals surface area contributed by atoms with Gasteiger partial charge < -0.3 is 15.0 Å². The lowest BCUT2D eigenvalue weighted by Gasteiger charge is -2.32. The van der Waals surface area contributed by atoms with Gasteiger partial charge in [-0.15, -0.1) is 0 Å². The lowest BCUT2D eigenvalue weighted by molar-refractivity contribution is 0.00578. The minimum Gasteiger partial charge on any atom is -0.399 e. The number of nitrogen functional groups attached to an aromatic ring is 1. The van der Waals surface area contributed by atoms with E-state index in [1.807, 2.05) is 6.07 Å². The summed E-state index contributed by atoms with van der Waals surface area (Å²) in [4.78, 5) is 0. The van der Waals surface area contributed by atoms with Gasteiger partial charge in [0, 0.05) is 22.1 Å². The van der Waals surface area contributed by atoms with Gasteiger partial charge in [-0.1, -0.05) is 98.8 Å². The van der Waals surface area contributed by atoms with E-state index in [-0.39, 0.29) is 5.41 Å². The highest BCUT2D eigenvalue weighted by Crippen LogP contribution is 2.53. The third-order valence-electron chi connectivity index (χ3n) is 8.70. The Kier molecular flexibility index (Phi) is 5.25. The molecule has 3 nitrogen and oxygen atoms in total. The second kappa shape index (κ2) is 8.08. The Balaban J connectivity index is 1.58. The first-order valence-corrected chi connectivity index (χ1v) is 13.1. The fourth-order valence-corrected chi connectivity index (χ4v) is 5.90. The van der Waals surface area contributed by atoms with E-state index in [2.05, 4.69) is 120 Å². The zero-order valence-electron chi connectivity index (χ0n) is 22.6. The van der Waals surface area contributed by atoms with Crippen molar-refractivity contribution < 1.29 is 9.31 Å². The van der Waals surface area contributed by atoms with Gasteiger partial charge in [0.05, 0.1) is 11.2 Å². The van der Waals surface area contributed by atoms with E-state index in [4.69, 9.17) is 15.0 Å². The van der Waals surface area contributed by atoms with Gasteiger partial charge in [-0.2, -0.15) is 0 Å². The molecule has 186 valence electrons. The molecular weight excluding hydrogens is 453 g/mol. The van der Waals surface area contributed by atoms with Crippen molar-refractivity contribution in [1.82, 2.24) is 0 Å². The van der Waals surface area contributed by atoms with E-state index < -0.39 is 18.3 Å². The number of nitrogens with two attached hydrogens (primary N) is 1. The lowest BCUT2D eigenvalue weighted by Crippen LogP contribution is -2.41. The summed E-state index contributed by atoms with van der Waals surface area (Å²) < 4.78 is 13.0. The third kappa shape index (κ3) is 3.58. The molecule has 4 heteroatoms. The Bertz CT molecular complexity index is 1490. The van der Waals surface area contributed by atoms with Crippen molar-refractivity contribution >= 4 is 18.3 Å². The molecule has 0 amide bonds. The monoisotopic (exact) mass is 487 g/mol. The van der Waals surface area contributed by atoms with E-state index >= 15 is 0 Å². The molecule has 1 fully saturated rings. The molecule has 6 rings (SSSR count). The SMILES string of the molecule is CC1(C)c2ccccc2-c2cc(B3OC(C)(C)C(C)(C)O3)c(N)c(-c3ccc(-c4ccccc4)cc3)c21. The van der Waals surface area contributed by atoms with Crippen LogP contribution in [0.15, 0.2) is 84.9 Å². The topological polar surface area (TPSA) is 44.5 Å². The zero-order chi connectivity index (χ0) is 26.2. The number of fused-ring (bicyclic) bond motifs is 3. The van der Waals surface area contributed by atoms with Gasteiger partial charge in [0.15, 0.2) is 0 Å². The van der Waals surface area contributed by atoms with E-state index in [1.165, 1.54) is 33.4 Å². The van der Waals surface area contributed by atoms with Crippen molar-refractivity contribution in [3.8, 4) is 33.4 Å². The highest BCUT2D eigenvalue weighted by atomic mass is 16.7. The molecule has 1 heterocycles. The lowest BCUT2D eigenvalue weighted by atomic mass is 9.71. The second-order valence-corrected chi connectivity index (χ2v) is 11.9. The molecule has 0 bridgehead atoms. The highest BCUT2D eigenvalue weighted by molar-refractivity contribution is 6.64. The van der Waals surface area contributed by atoms with Crippen LogP contribution in [0.2, 0.25) is 0 Å². The fourth-order valence-electron chi connectivity index (χ4n) is 5.90. The molecule has 1 aliphatic carbocycles. The smallest absolute Gasteiger partial charge is 0.399 e. The Labute approximate surface area is 220 Å². The quantitative estimate of drug-likeness (QED) is 0.245. The predicted molar refractivity (Wildman–Crippen MR) is 155 cm³/mol. The van der Waals surface area contributed by atoms with Crippen molar-refractivity contribution in [3.63, 3.8) is 0 Å². The molecule has 0 unspecified atom stereocenters. The van der Waals surface area contributed by atoms with Crippen LogP contribution in [0.5, 0.6) is 0 Å². The molecule has 0 saturated carbocycles. The predicted octanol–water partition coefficient (Wildman–Crippen LogP) is 7.21. The fraction of sp³-hybridized carbons (Fsp3) is 0.273. The van der Waals surface area contributed by atoms with Gasteiger partial charge >= 0.3 is 7.12 Å². The van der Waals surface area contributed by atoms with Crippen LogP contribution in [0.25, 0.3) is 33.4 Å². The molecule has 0 aromatic heterocycles. The number of hydrogen-bond acceptors (Lipinski definition) is 3. The molecule has 37 heavy (non-hydrogen) atoms. The summed E-state index contributed by atoms with van der Waals surface area (Å²) in [5, 5.41) is 0. The van der Waals surface area contributed by atoms with Gasteiger partial charge in [-0.05, 0) is 66.6 Å². The van der Waals surface area contributed by atoms with Gasteiger partial charge in [0.1, 0.15) is 0 Å². The Morgan fingerprint density at radius 1 is 0.622 bits per heavy atom. The van der Waals surface area contributed by atoms with Crippen LogP contribution in [0.4, 0.5) is 5.69 Å². The molecule has 2 N–H and O–H groups in total. The molecule has 1 aliphatic heterocycles. The number of benzene rings is 4. The zero-order valence-corrected chi connectivity index (χ0v) is 22.6. The summed E-state index contributed by atoms with van der Waals surface area (Å²) in [5.41, 5.74) is 17.2. The van der Waals surface area contributed by atoms with Crippen molar-refractivity contribution in [3.05, 3.63) is 96.1 Å². The highest BCUT2D eigenvalue weighted by Gasteiger charge is 2.53. The van der Waals surface area contributed by atoms with Gasteiger partial charge in [-0.3, -0.25) is 0 Å². The van der Waals surface area contributed by atoms with Crippen molar-refractivity contribution in [2.24, 2.45) is 0 Å². The maximum absolute atomic E-state index is 7.09. The molecular formula is C33H34BNO2. The molecule has 1 saturated heterocycles. The molecule has 0 spiro atoms. The van der Waals surface area contributed by atoms with E-state index in [0.29, 0.717) is 0 Å². The molecule has 4 aromatic rings. The Hall–Kier alpha value is -3.34. The summed E-state index contributed by atoms with van der Waals surface area (Å²) in [6.45, 7) is 12.9. The summed E-state index contributed by atoms with van der Waals surface area (Å²) >= 11 is 0. The van der Waals surface area contributed by atoms with Crippen molar-refractivity contribution in [1.29, 1.82) is 0 Å². The van der Waals surface area contributed by atoms with Crippen molar-refractivity contribution in [2.75, 3.05) is 5.73 Å². The molecule has 0 radical (unpaired) electrons. The van der Waals surface area contributed by atoms with E-state index in [0.717, 1.165) is 22.3 Å². The number of anilines is 1. The minimum absolute atomic E-state index is 0.193. The second-order valence-electron chi connectivity index (χ2n) is 11.9. The number of hydrogen-bond donors (Lipinski definition) is 1. The standard InChI is InChI=1S/C33H34BNO2/c1-31(2)26-15-11-10-14-24(26)25-20-27(34-36-32(3,4)33(5,6)37-34)30(35)28(29(25)31)23-18-16-22(17-19-23)21-12-8-7-9-13-21/h7-20H,35H2,1-6H3. The largest absolute Gasteiger partial charge is 0.497 e. The van der Waals surface area contributed by atoms with Gasteiger partial charge in [-0.25, -0.2) is 0 Å². The summed E-state index contributed by atoms with van der Waals surface area (Å²) in [5.74, 6) is 0. The summed E-state index contributed by atoms with van der Waals surface area (Å²) in [7, 11) is -0.534. The first kappa shape index (κ1) is 24.0. The first-order valence-electron chi connectivity index (χ1n) is 13.1. The maximum atomic E-state index is 7.09.